The molecule has 3 aromatic rings. The summed E-state index contributed by atoms with van der Waals surface area (Å²) in [6.45, 7) is 2.42. The Kier molecular flexibility index (Phi) is 4.30. The normalized spacial score (nSPS) is 14.5. The molecule has 0 spiro atoms. The zero-order valence-corrected chi connectivity index (χ0v) is 13.9. The number of anilines is 1. The Bertz CT molecular complexity index is 907. The molecule has 8 heteroatoms. The number of hydrogen-bond donors (Lipinski definition) is 0. The molecule has 1 aliphatic rings. The summed E-state index contributed by atoms with van der Waals surface area (Å²) in [5.41, 5.74) is 1.01. The zero-order valence-electron chi connectivity index (χ0n) is 13.9. The second-order valence-corrected chi connectivity index (χ2v) is 5.93. The van der Waals surface area contributed by atoms with Crippen molar-refractivity contribution in [2.24, 2.45) is 0 Å². The Morgan fingerprint density at radius 2 is 1.96 bits per heavy atom. The topological polar surface area (TPSA) is 75.4 Å². The quantitative estimate of drug-likeness (QED) is 0.719. The molecule has 0 unspecified atom stereocenters. The molecule has 0 N–H and O–H groups in total. The lowest BCUT2D eigenvalue weighted by atomic mass is 10.1. The minimum Gasteiger partial charge on any atom is -0.352 e. The third-order valence-electron chi connectivity index (χ3n) is 4.28. The van der Waals surface area contributed by atoms with E-state index in [4.69, 9.17) is 4.52 Å². The van der Waals surface area contributed by atoms with E-state index in [1.165, 1.54) is 12.1 Å². The van der Waals surface area contributed by atoms with Crippen molar-refractivity contribution in [2.45, 2.75) is 0 Å². The van der Waals surface area contributed by atoms with Gasteiger partial charge in [0.15, 0.2) is 0 Å². The van der Waals surface area contributed by atoms with E-state index in [0.717, 1.165) is 5.82 Å². The molecular formula is C18H16FN5O2. The van der Waals surface area contributed by atoms with Crippen LogP contribution in [0.25, 0.3) is 11.3 Å². The van der Waals surface area contributed by atoms with Crippen molar-refractivity contribution < 1.29 is 13.7 Å². The molecule has 0 saturated carbocycles. The number of carbonyl (C=O) groups is 1. The third kappa shape index (κ3) is 3.26. The first-order chi connectivity index (χ1) is 12.7. The molecule has 0 radical (unpaired) electrons. The van der Waals surface area contributed by atoms with Crippen LogP contribution in [0, 0.1) is 5.82 Å². The lowest BCUT2D eigenvalue weighted by Crippen LogP contribution is -2.49. The Balaban J connectivity index is 1.43. The summed E-state index contributed by atoms with van der Waals surface area (Å²) in [4.78, 5) is 24.8. The summed E-state index contributed by atoms with van der Waals surface area (Å²) < 4.78 is 18.5. The van der Waals surface area contributed by atoms with E-state index in [1.807, 2.05) is 0 Å². The van der Waals surface area contributed by atoms with E-state index in [-0.39, 0.29) is 17.5 Å². The largest absolute Gasteiger partial charge is 0.352 e. The maximum absolute atomic E-state index is 13.3. The average Bonchev–Trinajstić information content (AvgIpc) is 3.18. The number of halogens is 1. The van der Waals surface area contributed by atoms with Crippen LogP contribution in [0.2, 0.25) is 0 Å². The molecule has 4 rings (SSSR count). The Hall–Kier alpha value is -3.29. The van der Waals surface area contributed by atoms with Crippen LogP contribution in [-0.4, -0.2) is 52.1 Å². The summed E-state index contributed by atoms with van der Waals surface area (Å²) in [6, 6.07) is 7.56. The number of amides is 1. The molecule has 26 heavy (non-hydrogen) atoms. The molecule has 2 aromatic heterocycles. The monoisotopic (exact) mass is 353 g/mol. The summed E-state index contributed by atoms with van der Waals surface area (Å²) >= 11 is 0. The summed E-state index contributed by atoms with van der Waals surface area (Å²) in [5.74, 6) is 0.363. The van der Waals surface area contributed by atoms with Crippen LogP contribution in [0.4, 0.5) is 10.2 Å². The van der Waals surface area contributed by atoms with E-state index < -0.39 is 0 Å². The highest BCUT2D eigenvalue weighted by Gasteiger charge is 2.25. The first-order valence-corrected chi connectivity index (χ1v) is 8.23. The summed E-state index contributed by atoms with van der Waals surface area (Å²) in [6.07, 6.45) is 4.98. The predicted molar refractivity (Wildman–Crippen MR) is 92.0 cm³/mol. The van der Waals surface area contributed by atoms with Gasteiger partial charge in [-0.2, -0.15) is 0 Å². The van der Waals surface area contributed by atoms with E-state index in [9.17, 15) is 9.18 Å². The van der Waals surface area contributed by atoms with Gasteiger partial charge >= 0.3 is 0 Å². The van der Waals surface area contributed by atoms with Crippen LogP contribution in [0.1, 0.15) is 10.6 Å². The van der Waals surface area contributed by atoms with Crippen molar-refractivity contribution in [3.8, 4) is 11.3 Å². The van der Waals surface area contributed by atoms with Gasteiger partial charge in [0, 0.05) is 50.2 Å². The zero-order chi connectivity index (χ0) is 17.9. The highest BCUT2D eigenvalue weighted by Crippen LogP contribution is 2.21. The van der Waals surface area contributed by atoms with Crippen LogP contribution in [0.3, 0.4) is 0 Å². The van der Waals surface area contributed by atoms with Crippen LogP contribution < -0.4 is 4.90 Å². The number of carbonyl (C=O) groups excluding carboxylic acids is 1. The molecule has 1 saturated heterocycles. The molecule has 3 heterocycles. The minimum atomic E-state index is -0.362. The highest BCUT2D eigenvalue weighted by atomic mass is 19.1. The molecule has 0 bridgehead atoms. The maximum atomic E-state index is 13.3. The maximum Gasteiger partial charge on any atom is 0.292 e. The van der Waals surface area contributed by atoms with Crippen LogP contribution in [0.15, 0.2) is 53.4 Å². The Labute approximate surface area is 149 Å². The van der Waals surface area contributed by atoms with E-state index in [0.29, 0.717) is 37.4 Å². The lowest BCUT2D eigenvalue weighted by molar-refractivity contribution is 0.0704. The number of piperazine rings is 1. The van der Waals surface area contributed by atoms with Crippen molar-refractivity contribution in [3.05, 3.63) is 60.5 Å². The fraction of sp³-hybridized carbons (Fsp3) is 0.222. The van der Waals surface area contributed by atoms with Gasteiger partial charge in [0.1, 0.15) is 17.3 Å². The van der Waals surface area contributed by atoms with Gasteiger partial charge in [-0.3, -0.25) is 9.78 Å². The predicted octanol–water partition coefficient (Wildman–Crippen LogP) is 2.23. The second kappa shape index (κ2) is 6.91. The smallest absolute Gasteiger partial charge is 0.292 e. The average molecular weight is 353 g/mol. The van der Waals surface area contributed by atoms with Gasteiger partial charge in [0.2, 0.25) is 5.76 Å². The fourth-order valence-electron chi connectivity index (χ4n) is 2.91. The number of benzene rings is 1. The number of rotatable bonds is 3. The highest BCUT2D eigenvalue weighted by molar-refractivity contribution is 5.92. The van der Waals surface area contributed by atoms with E-state index >= 15 is 0 Å². The SMILES string of the molecule is O=C(c1cc(-c2cccc(F)c2)no1)N1CCN(c2cnccn2)CC1. The van der Waals surface area contributed by atoms with Gasteiger partial charge in [-0.25, -0.2) is 9.37 Å². The number of aromatic nitrogens is 3. The first-order valence-electron chi connectivity index (χ1n) is 8.23. The van der Waals surface area contributed by atoms with Gasteiger partial charge in [0.25, 0.3) is 5.91 Å². The van der Waals surface area contributed by atoms with Gasteiger partial charge < -0.3 is 14.3 Å². The van der Waals surface area contributed by atoms with Crippen molar-refractivity contribution in [3.63, 3.8) is 0 Å². The van der Waals surface area contributed by atoms with E-state index in [1.54, 1.807) is 41.7 Å². The lowest BCUT2D eigenvalue weighted by Gasteiger charge is -2.34. The minimum absolute atomic E-state index is 0.150. The Morgan fingerprint density at radius 3 is 2.69 bits per heavy atom. The fourth-order valence-corrected chi connectivity index (χ4v) is 2.91. The van der Waals surface area contributed by atoms with Crippen LogP contribution >= 0.6 is 0 Å². The molecular weight excluding hydrogens is 337 g/mol. The van der Waals surface area contributed by atoms with Gasteiger partial charge in [-0.05, 0) is 12.1 Å². The number of nitrogens with zero attached hydrogens (tertiary/aromatic N) is 5. The van der Waals surface area contributed by atoms with Crippen molar-refractivity contribution in [2.75, 3.05) is 31.1 Å². The molecule has 1 aliphatic heterocycles. The van der Waals surface area contributed by atoms with E-state index in [2.05, 4.69) is 20.0 Å². The molecule has 1 amide bonds. The third-order valence-corrected chi connectivity index (χ3v) is 4.28. The van der Waals surface area contributed by atoms with Crippen molar-refractivity contribution >= 4 is 11.7 Å². The second-order valence-electron chi connectivity index (χ2n) is 5.93. The first kappa shape index (κ1) is 16.2. The van der Waals surface area contributed by atoms with Crippen molar-refractivity contribution in [1.29, 1.82) is 0 Å². The number of hydrogen-bond acceptors (Lipinski definition) is 6. The summed E-state index contributed by atoms with van der Waals surface area (Å²) in [5, 5.41) is 3.89. The van der Waals surface area contributed by atoms with Crippen LogP contribution in [-0.2, 0) is 0 Å². The van der Waals surface area contributed by atoms with Gasteiger partial charge in [0.05, 0.1) is 6.20 Å². The van der Waals surface area contributed by atoms with Crippen molar-refractivity contribution in [1.82, 2.24) is 20.0 Å². The molecule has 1 fully saturated rings. The molecule has 132 valence electrons. The standard InChI is InChI=1S/C18H16FN5O2/c19-14-3-1-2-13(10-14)15-11-16(26-22-15)18(25)24-8-6-23(7-9-24)17-12-20-4-5-21-17/h1-5,10-12H,6-9H2. The molecule has 7 nitrogen and oxygen atoms in total. The molecule has 1 aromatic carbocycles. The van der Waals surface area contributed by atoms with Gasteiger partial charge in [-0.1, -0.05) is 17.3 Å². The Morgan fingerprint density at radius 1 is 1.12 bits per heavy atom. The molecule has 0 aliphatic carbocycles. The summed E-state index contributed by atoms with van der Waals surface area (Å²) in [7, 11) is 0. The van der Waals surface area contributed by atoms with Gasteiger partial charge in [-0.15, -0.1) is 0 Å². The van der Waals surface area contributed by atoms with Crippen LogP contribution in [0.5, 0.6) is 0 Å². The molecule has 0 atom stereocenters.